The molecule has 0 unspecified atom stereocenters. The van der Waals surface area contributed by atoms with Crippen molar-refractivity contribution in [3.8, 4) is 0 Å². The average Bonchev–Trinajstić information content (AvgIpc) is 2.47. The highest BCUT2D eigenvalue weighted by Crippen LogP contribution is 2.10. The average molecular weight is 332 g/mol. The molecule has 0 radical (unpaired) electrons. The summed E-state index contributed by atoms with van der Waals surface area (Å²) in [5, 5.41) is 2.51. The predicted molar refractivity (Wildman–Crippen MR) is 86.2 cm³/mol. The second-order valence-electron chi connectivity index (χ2n) is 4.93. The van der Waals surface area contributed by atoms with Crippen LogP contribution in [0.5, 0.6) is 0 Å². The number of nitrogens with one attached hydrogen (secondary N) is 2. The molecule has 0 aromatic heterocycles. The van der Waals surface area contributed by atoms with Gasteiger partial charge in [0.25, 0.3) is 10.0 Å². The Kier molecular flexibility index (Phi) is 5.13. The molecule has 2 aromatic carbocycles. The number of hydrogen-bond donors (Lipinski definition) is 2. The first-order valence-corrected chi connectivity index (χ1v) is 8.32. The highest BCUT2D eigenvalue weighted by atomic mass is 32.2. The molecule has 0 spiro atoms. The molecule has 2 rings (SSSR count). The lowest BCUT2D eigenvalue weighted by atomic mass is 10.2. The molecule has 0 heterocycles. The lowest BCUT2D eigenvalue weighted by molar-refractivity contribution is -0.125. The molecular weight excluding hydrogens is 316 g/mol. The first-order chi connectivity index (χ1) is 10.9. The molecule has 0 atom stereocenters. The number of carbonyl (C=O) groups excluding carboxylic acids is 2. The van der Waals surface area contributed by atoms with Gasteiger partial charge in [0.15, 0.2) is 0 Å². The molecular formula is C16H16N2O4S. The Bertz CT molecular complexity index is 800. The van der Waals surface area contributed by atoms with Gasteiger partial charge in [0.2, 0.25) is 11.8 Å². The third-order valence-electron chi connectivity index (χ3n) is 2.96. The van der Waals surface area contributed by atoms with Gasteiger partial charge >= 0.3 is 0 Å². The lowest BCUT2D eigenvalue weighted by Crippen LogP contribution is -2.33. The summed E-state index contributed by atoms with van der Waals surface area (Å²) >= 11 is 0. The van der Waals surface area contributed by atoms with Crippen LogP contribution in [0.4, 0.5) is 5.69 Å². The zero-order valence-electron chi connectivity index (χ0n) is 12.4. The van der Waals surface area contributed by atoms with Crippen molar-refractivity contribution < 1.29 is 18.0 Å². The van der Waals surface area contributed by atoms with Gasteiger partial charge in [-0.25, -0.2) is 13.1 Å². The van der Waals surface area contributed by atoms with Crippen molar-refractivity contribution in [3.05, 3.63) is 60.2 Å². The Balaban J connectivity index is 1.96. The van der Waals surface area contributed by atoms with Crippen LogP contribution in [0.3, 0.4) is 0 Å². The highest BCUT2D eigenvalue weighted by Gasteiger charge is 2.19. The Morgan fingerprint density at radius 3 is 2.13 bits per heavy atom. The van der Waals surface area contributed by atoms with E-state index in [1.807, 2.05) is 11.6 Å². The van der Waals surface area contributed by atoms with E-state index in [0.29, 0.717) is 5.69 Å². The molecule has 0 saturated carbocycles. The monoisotopic (exact) mass is 332 g/mol. The van der Waals surface area contributed by atoms with E-state index < -0.39 is 28.3 Å². The number of anilines is 1. The number of sulfonamides is 1. The predicted octanol–water partition coefficient (Wildman–Crippen LogP) is 1.83. The van der Waals surface area contributed by atoms with E-state index in [4.69, 9.17) is 0 Å². The Morgan fingerprint density at radius 1 is 0.913 bits per heavy atom. The largest absolute Gasteiger partial charge is 0.326 e. The Hall–Kier alpha value is -2.67. The van der Waals surface area contributed by atoms with Crippen molar-refractivity contribution in [3.63, 3.8) is 0 Å². The summed E-state index contributed by atoms with van der Waals surface area (Å²) in [7, 11) is -3.97. The minimum absolute atomic E-state index is 0.0279. The van der Waals surface area contributed by atoms with Gasteiger partial charge in [-0.15, -0.1) is 0 Å². The van der Waals surface area contributed by atoms with E-state index in [2.05, 4.69) is 5.32 Å². The molecule has 0 saturated heterocycles. The van der Waals surface area contributed by atoms with E-state index in [1.165, 1.54) is 12.1 Å². The molecule has 2 amide bonds. The Morgan fingerprint density at radius 2 is 1.52 bits per heavy atom. The van der Waals surface area contributed by atoms with Gasteiger partial charge in [-0.2, -0.15) is 0 Å². The number of carbonyl (C=O) groups is 2. The van der Waals surface area contributed by atoms with Crippen molar-refractivity contribution >= 4 is 27.5 Å². The van der Waals surface area contributed by atoms with Crippen LogP contribution in [-0.4, -0.2) is 20.2 Å². The second kappa shape index (κ2) is 7.06. The standard InChI is InChI=1S/C16H16N2O4S/c1-12-7-9-14(10-8-12)23(21,22)18-16(20)11-15(19)17-13-5-3-2-4-6-13/h2-10H,11H2,1H3,(H,17,19)(H,18,20). The maximum Gasteiger partial charge on any atom is 0.264 e. The van der Waals surface area contributed by atoms with Crippen molar-refractivity contribution in [2.45, 2.75) is 18.2 Å². The van der Waals surface area contributed by atoms with E-state index in [9.17, 15) is 18.0 Å². The Labute approximate surface area is 134 Å². The molecule has 0 aliphatic rings. The highest BCUT2D eigenvalue weighted by molar-refractivity contribution is 7.90. The molecule has 23 heavy (non-hydrogen) atoms. The summed E-state index contributed by atoms with van der Waals surface area (Å²) in [6.07, 6.45) is -0.583. The molecule has 0 fully saturated rings. The summed E-state index contributed by atoms with van der Waals surface area (Å²) in [6, 6.07) is 14.6. The van der Waals surface area contributed by atoms with E-state index in [1.54, 1.807) is 42.5 Å². The van der Waals surface area contributed by atoms with Crippen LogP contribution in [0.2, 0.25) is 0 Å². The topological polar surface area (TPSA) is 92.3 Å². The van der Waals surface area contributed by atoms with Crippen molar-refractivity contribution in [1.82, 2.24) is 4.72 Å². The molecule has 120 valence electrons. The molecule has 0 aliphatic heterocycles. The minimum Gasteiger partial charge on any atom is -0.326 e. The number of amides is 2. The SMILES string of the molecule is Cc1ccc(S(=O)(=O)NC(=O)CC(=O)Nc2ccccc2)cc1. The first-order valence-electron chi connectivity index (χ1n) is 6.84. The summed E-state index contributed by atoms with van der Waals surface area (Å²) < 4.78 is 25.9. The fourth-order valence-electron chi connectivity index (χ4n) is 1.83. The van der Waals surface area contributed by atoms with Crippen LogP contribution in [0.1, 0.15) is 12.0 Å². The quantitative estimate of drug-likeness (QED) is 0.817. The summed E-state index contributed by atoms with van der Waals surface area (Å²) in [4.78, 5) is 23.4. The lowest BCUT2D eigenvalue weighted by Gasteiger charge is -2.08. The number of para-hydroxylation sites is 1. The van der Waals surface area contributed by atoms with Crippen LogP contribution >= 0.6 is 0 Å². The van der Waals surface area contributed by atoms with Gasteiger partial charge < -0.3 is 5.32 Å². The molecule has 0 aliphatic carbocycles. The number of aryl methyl sites for hydroxylation is 1. The van der Waals surface area contributed by atoms with Gasteiger partial charge in [0, 0.05) is 5.69 Å². The van der Waals surface area contributed by atoms with Gasteiger partial charge in [0.05, 0.1) is 4.90 Å². The maximum atomic E-state index is 12.0. The van der Waals surface area contributed by atoms with Crippen LogP contribution < -0.4 is 10.0 Å². The first kappa shape index (κ1) is 16.7. The third-order valence-corrected chi connectivity index (χ3v) is 4.35. The van der Waals surface area contributed by atoms with Crippen LogP contribution in [0.15, 0.2) is 59.5 Å². The molecule has 6 nitrogen and oxygen atoms in total. The van der Waals surface area contributed by atoms with E-state index in [0.717, 1.165) is 5.56 Å². The fraction of sp³-hybridized carbons (Fsp3) is 0.125. The van der Waals surface area contributed by atoms with Gasteiger partial charge in [-0.05, 0) is 31.2 Å². The van der Waals surface area contributed by atoms with Crippen molar-refractivity contribution in [2.75, 3.05) is 5.32 Å². The normalized spacial score (nSPS) is 10.8. The summed E-state index contributed by atoms with van der Waals surface area (Å²) in [5.74, 6) is -1.48. The van der Waals surface area contributed by atoms with Crippen LogP contribution in [-0.2, 0) is 19.6 Å². The maximum absolute atomic E-state index is 12.0. The third kappa shape index (κ3) is 4.93. The fourth-order valence-corrected chi connectivity index (χ4v) is 2.82. The van der Waals surface area contributed by atoms with Crippen LogP contribution in [0.25, 0.3) is 0 Å². The van der Waals surface area contributed by atoms with Crippen molar-refractivity contribution in [1.29, 1.82) is 0 Å². The summed E-state index contributed by atoms with van der Waals surface area (Å²) in [5.41, 5.74) is 1.43. The zero-order valence-corrected chi connectivity index (χ0v) is 13.3. The smallest absolute Gasteiger partial charge is 0.264 e. The minimum atomic E-state index is -3.97. The molecule has 2 N–H and O–H groups in total. The number of benzene rings is 2. The molecule has 7 heteroatoms. The van der Waals surface area contributed by atoms with Crippen molar-refractivity contribution in [2.24, 2.45) is 0 Å². The molecule has 2 aromatic rings. The number of rotatable bonds is 5. The van der Waals surface area contributed by atoms with Gasteiger partial charge in [-0.3, -0.25) is 9.59 Å². The summed E-state index contributed by atoms with van der Waals surface area (Å²) in [6.45, 7) is 1.82. The van der Waals surface area contributed by atoms with E-state index in [-0.39, 0.29) is 4.90 Å². The molecule has 0 bridgehead atoms. The van der Waals surface area contributed by atoms with Gasteiger partial charge in [-0.1, -0.05) is 35.9 Å². The van der Waals surface area contributed by atoms with Gasteiger partial charge in [0.1, 0.15) is 6.42 Å². The van der Waals surface area contributed by atoms with E-state index >= 15 is 0 Å². The van der Waals surface area contributed by atoms with Crippen LogP contribution in [0, 0.1) is 6.92 Å². The zero-order chi connectivity index (χ0) is 16.9. The number of hydrogen-bond acceptors (Lipinski definition) is 4. The second-order valence-corrected chi connectivity index (χ2v) is 6.62.